The van der Waals surface area contributed by atoms with Crippen LogP contribution >= 0.6 is 0 Å². The van der Waals surface area contributed by atoms with Crippen LogP contribution in [0.25, 0.3) is 6.08 Å². The molecule has 0 bridgehead atoms. The fraction of sp³-hybridized carbons (Fsp3) is 0.214. The molecule has 3 N–H and O–H groups in total. The van der Waals surface area contributed by atoms with Gasteiger partial charge in [-0.2, -0.15) is 0 Å². The van der Waals surface area contributed by atoms with Crippen LogP contribution in [0.15, 0.2) is 42.8 Å². The molecule has 0 aliphatic carbocycles. The van der Waals surface area contributed by atoms with E-state index in [-0.39, 0.29) is 0 Å². The van der Waals surface area contributed by atoms with E-state index in [2.05, 4.69) is 22.5 Å². The lowest BCUT2D eigenvalue weighted by Crippen LogP contribution is -2.05. The van der Waals surface area contributed by atoms with Crippen molar-refractivity contribution in [2.75, 3.05) is 13.6 Å². The Hall–Kier alpha value is -2.47. The Bertz CT molecular complexity index is 440. The van der Waals surface area contributed by atoms with Gasteiger partial charge in [0.05, 0.1) is 0 Å². The molecular weight excluding hydrogens is 260 g/mol. The van der Waals surface area contributed by atoms with E-state index in [9.17, 15) is 9.59 Å². The molecule has 0 radical (unpaired) electrons. The molecule has 0 atom stereocenters. The monoisotopic (exact) mass is 278 g/mol. The highest BCUT2D eigenvalue weighted by Crippen LogP contribution is 1.98. The van der Waals surface area contributed by atoms with Gasteiger partial charge in [0.2, 0.25) is 0 Å². The zero-order valence-corrected chi connectivity index (χ0v) is 11.2. The zero-order valence-electron chi connectivity index (χ0n) is 11.2. The van der Waals surface area contributed by atoms with Crippen molar-refractivity contribution in [3.8, 4) is 0 Å². The number of rotatable bonds is 6. The molecule has 0 unspecified atom stereocenters. The maximum Gasteiger partial charge on any atom is 0.328 e. The number of carbonyl (C=O) groups is 2. The first-order valence-electron chi connectivity index (χ1n) is 5.91. The van der Waals surface area contributed by atoms with E-state index in [1.807, 2.05) is 25.4 Å². The van der Waals surface area contributed by atoms with Gasteiger partial charge in [0.1, 0.15) is 0 Å². The zero-order chi connectivity index (χ0) is 15.2. The third-order valence-electron chi connectivity index (χ3n) is 1.92. The Labute approximate surface area is 117 Å². The van der Waals surface area contributed by atoms with Crippen LogP contribution in [-0.4, -0.2) is 40.7 Å². The first kappa shape index (κ1) is 17.5. The Morgan fingerprint density at radius 3 is 2.40 bits per heavy atom. The SMILES string of the molecule is CNCC/C=C/c1cccnc1.O=C(O)/C=C/C(=O)O. The molecular formula is C14H18N2O4. The Morgan fingerprint density at radius 2 is 1.95 bits per heavy atom. The smallest absolute Gasteiger partial charge is 0.328 e. The van der Waals surface area contributed by atoms with E-state index >= 15 is 0 Å². The Balaban J connectivity index is 0.000000396. The van der Waals surface area contributed by atoms with Crippen LogP contribution in [0, 0.1) is 0 Å². The fourth-order valence-corrected chi connectivity index (χ4v) is 1.06. The molecule has 20 heavy (non-hydrogen) atoms. The normalized spacial score (nSPS) is 10.2. The van der Waals surface area contributed by atoms with Crippen molar-refractivity contribution >= 4 is 18.0 Å². The topological polar surface area (TPSA) is 99.5 Å². The van der Waals surface area contributed by atoms with E-state index in [4.69, 9.17) is 10.2 Å². The minimum Gasteiger partial charge on any atom is -0.478 e. The van der Waals surface area contributed by atoms with Gasteiger partial charge < -0.3 is 15.5 Å². The van der Waals surface area contributed by atoms with Gasteiger partial charge in [0.25, 0.3) is 0 Å². The minimum absolute atomic E-state index is 0.558. The van der Waals surface area contributed by atoms with Crippen molar-refractivity contribution in [3.63, 3.8) is 0 Å². The van der Waals surface area contributed by atoms with Gasteiger partial charge in [-0.25, -0.2) is 9.59 Å². The molecule has 1 aromatic heterocycles. The maximum atomic E-state index is 9.55. The number of pyridine rings is 1. The summed E-state index contributed by atoms with van der Waals surface area (Å²) in [5, 5.41) is 18.7. The molecule has 6 heteroatoms. The first-order valence-corrected chi connectivity index (χ1v) is 5.91. The summed E-state index contributed by atoms with van der Waals surface area (Å²) in [6.45, 7) is 1.02. The predicted octanol–water partition coefficient (Wildman–Crippen LogP) is 1.42. The van der Waals surface area contributed by atoms with Crippen LogP contribution in [0.4, 0.5) is 0 Å². The highest BCUT2D eigenvalue weighted by Gasteiger charge is 1.88. The van der Waals surface area contributed by atoms with Crippen LogP contribution < -0.4 is 5.32 Å². The summed E-state index contributed by atoms with van der Waals surface area (Å²) < 4.78 is 0. The van der Waals surface area contributed by atoms with Gasteiger partial charge in [-0.3, -0.25) is 4.98 Å². The molecule has 0 aliphatic rings. The third-order valence-corrected chi connectivity index (χ3v) is 1.92. The van der Waals surface area contributed by atoms with Crippen LogP contribution in [0.1, 0.15) is 12.0 Å². The van der Waals surface area contributed by atoms with Gasteiger partial charge in [0.15, 0.2) is 0 Å². The third kappa shape index (κ3) is 12.0. The van der Waals surface area contributed by atoms with Crippen LogP contribution in [-0.2, 0) is 9.59 Å². The molecule has 0 amide bonds. The van der Waals surface area contributed by atoms with E-state index in [0.29, 0.717) is 12.2 Å². The number of hydrogen-bond acceptors (Lipinski definition) is 4. The number of hydrogen-bond donors (Lipinski definition) is 3. The van der Waals surface area contributed by atoms with Crippen LogP contribution in [0.2, 0.25) is 0 Å². The number of nitrogens with zero attached hydrogens (tertiary/aromatic N) is 1. The molecule has 0 spiro atoms. The molecule has 0 saturated carbocycles. The van der Waals surface area contributed by atoms with E-state index in [1.165, 1.54) is 0 Å². The largest absolute Gasteiger partial charge is 0.478 e. The van der Waals surface area contributed by atoms with Gasteiger partial charge in [-0.15, -0.1) is 0 Å². The fourth-order valence-electron chi connectivity index (χ4n) is 1.06. The standard InChI is InChI=1S/C10H14N2.C4H4O4/c1-11-7-3-2-5-10-6-4-8-12-9-10;5-3(6)1-2-4(7)8/h2,4-6,8-9,11H,3,7H2,1H3;1-2H,(H,5,6)(H,7,8)/b5-2+;2-1+. The summed E-state index contributed by atoms with van der Waals surface area (Å²) in [6, 6.07) is 3.99. The van der Waals surface area contributed by atoms with Gasteiger partial charge >= 0.3 is 11.9 Å². The summed E-state index contributed by atoms with van der Waals surface area (Å²) in [4.78, 5) is 23.1. The molecule has 0 aromatic carbocycles. The van der Waals surface area contributed by atoms with Crippen LogP contribution in [0.5, 0.6) is 0 Å². The summed E-state index contributed by atoms with van der Waals surface area (Å²) in [5.74, 6) is -2.51. The highest BCUT2D eigenvalue weighted by atomic mass is 16.4. The maximum absolute atomic E-state index is 9.55. The number of carboxylic acids is 2. The lowest BCUT2D eigenvalue weighted by molar-refractivity contribution is -0.134. The summed E-state index contributed by atoms with van der Waals surface area (Å²) >= 11 is 0. The van der Waals surface area contributed by atoms with Crippen molar-refractivity contribution in [2.45, 2.75) is 6.42 Å². The summed E-state index contributed by atoms with van der Waals surface area (Å²) in [5.41, 5.74) is 1.16. The second-order valence-corrected chi connectivity index (χ2v) is 3.59. The second kappa shape index (κ2) is 11.6. The highest BCUT2D eigenvalue weighted by molar-refractivity contribution is 5.89. The average Bonchev–Trinajstić information content (AvgIpc) is 2.43. The van der Waals surface area contributed by atoms with Gasteiger partial charge in [-0.1, -0.05) is 18.2 Å². The van der Waals surface area contributed by atoms with Crippen molar-refractivity contribution in [2.24, 2.45) is 0 Å². The molecule has 0 aliphatic heterocycles. The van der Waals surface area contributed by atoms with Crippen LogP contribution in [0.3, 0.4) is 0 Å². The van der Waals surface area contributed by atoms with E-state index < -0.39 is 11.9 Å². The van der Waals surface area contributed by atoms with Crippen molar-refractivity contribution in [1.29, 1.82) is 0 Å². The molecule has 0 fully saturated rings. The number of aromatic nitrogens is 1. The van der Waals surface area contributed by atoms with Crippen molar-refractivity contribution in [3.05, 3.63) is 48.3 Å². The molecule has 1 aromatic rings. The molecule has 108 valence electrons. The minimum atomic E-state index is -1.26. The number of nitrogens with one attached hydrogen (secondary N) is 1. The quantitative estimate of drug-likeness (QED) is 0.537. The van der Waals surface area contributed by atoms with Crippen molar-refractivity contribution in [1.82, 2.24) is 10.3 Å². The first-order chi connectivity index (χ1) is 9.56. The lowest BCUT2D eigenvalue weighted by Gasteiger charge is -1.92. The van der Waals surface area contributed by atoms with Gasteiger partial charge in [0, 0.05) is 24.5 Å². The second-order valence-electron chi connectivity index (χ2n) is 3.59. The van der Waals surface area contributed by atoms with Crippen molar-refractivity contribution < 1.29 is 19.8 Å². The summed E-state index contributed by atoms with van der Waals surface area (Å²) in [6.07, 6.45) is 10.1. The number of aliphatic carboxylic acids is 2. The van der Waals surface area contributed by atoms with E-state index in [0.717, 1.165) is 18.5 Å². The summed E-state index contributed by atoms with van der Waals surface area (Å²) in [7, 11) is 1.96. The Kier molecular flexibility index (Phi) is 10.2. The number of carboxylic acid groups (broad SMARTS) is 2. The predicted molar refractivity (Wildman–Crippen MR) is 76.2 cm³/mol. The van der Waals surface area contributed by atoms with E-state index in [1.54, 1.807) is 6.20 Å². The Morgan fingerprint density at radius 1 is 1.30 bits per heavy atom. The molecule has 1 rings (SSSR count). The molecule has 0 saturated heterocycles. The van der Waals surface area contributed by atoms with Gasteiger partial charge in [-0.05, 0) is 31.6 Å². The average molecular weight is 278 g/mol. The molecule has 1 heterocycles. The molecule has 6 nitrogen and oxygen atoms in total. The lowest BCUT2D eigenvalue weighted by atomic mass is 10.2.